The number of nitrogens with one attached hydrogen (secondary N) is 1. The Morgan fingerprint density at radius 3 is 2.48 bits per heavy atom. The quantitative estimate of drug-likeness (QED) is 0.287. The largest absolute Gasteiger partial charge is 0.497 e. The molecule has 1 amide bonds. The van der Waals surface area contributed by atoms with Gasteiger partial charge in [0.25, 0.3) is 0 Å². The summed E-state index contributed by atoms with van der Waals surface area (Å²) in [6.45, 7) is 1.07. The fourth-order valence-electron chi connectivity index (χ4n) is 4.50. The number of aliphatic carboxylic acids is 1. The third-order valence-electron chi connectivity index (χ3n) is 6.73. The van der Waals surface area contributed by atoms with E-state index in [1.807, 2.05) is 36.4 Å². The van der Waals surface area contributed by atoms with Crippen LogP contribution >= 0.6 is 0 Å². The molecule has 1 aromatic heterocycles. The second-order valence-electron chi connectivity index (χ2n) is 9.53. The number of hydrogen-bond acceptors (Lipinski definition) is 7. The number of aromatic nitrogens is 1. The van der Waals surface area contributed by atoms with Crippen LogP contribution in [-0.2, 0) is 26.2 Å². The fraction of sp³-hybridized carbons (Fsp3) is 0.250. The molecule has 4 aromatic rings. The molecule has 14 heteroatoms. The van der Waals surface area contributed by atoms with E-state index in [0.717, 1.165) is 27.1 Å². The number of rotatable bonds is 7. The highest BCUT2D eigenvalue weighted by atomic mass is 32.2. The van der Waals surface area contributed by atoms with Gasteiger partial charge in [-0.05, 0) is 64.5 Å². The predicted octanol–water partition coefficient (Wildman–Crippen LogP) is 3.94. The molecule has 1 fully saturated rings. The highest BCUT2D eigenvalue weighted by Gasteiger charge is 2.38. The zero-order valence-electron chi connectivity index (χ0n) is 22.3. The molecule has 4 N–H and O–H groups in total. The summed E-state index contributed by atoms with van der Waals surface area (Å²) in [5, 5.41) is 10.7. The monoisotopic (exact) mass is 604 g/mol. The molecule has 0 spiro atoms. The number of sulfonamides is 1. The van der Waals surface area contributed by atoms with Crippen LogP contribution in [0.3, 0.4) is 0 Å². The molecule has 222 valence electrons. The van der Waals surface area contributed by atoms with E-state index in [2.05, 4.69) is 9.71 Å². The summed E-state index contributed by atoms with van der Waals surface area (Å²) in [6, 6.07) is 18.2. The number of amides is 1. The standard InChI is InChI=1S/C26H26N4O4S.C2HF3O2/c1-34-22-6-4-18-5-7-23(14-21(18)13-22)35(32,33)29-15-20-9-11-30(26(20)31)16-17-2-3-19-8-10-28-25(27)24(19)12-17;3-2(4,5)1(6)7/h2-8,10,12-14,20,29H,9,11,15-16H2,1H3,(H2,27,28);(H,6,7). The van der Waals surface area contributed by atoms with Crippen molar-refractivity contribution in [2.75, 3.05) is 25.9 Å². The number of ether oxygens (including phenoxy) is 1. The summed E-state index contributed by atoms with van der Waals surface area (Å²) in [4.78, 5) is 27.9. The number of benzene rings is 3. The van der Waals surface area contributed by atoms with E-state index in [1.165, 1.54) is 0 Å². The van der Waals surface area contributed by atoms with Crippen molar-refractivity contribution in [1.29, 1.82) is 0 Å². The highest BCUT2D eigenvalue weighted by Crippen LogP contribution is 2.26. The Hall–Kier alpha value is -4.43. The number of nitrogen functional groups attached to an aromatic ring is 1. The summed E-state index contributed by atoms with van der Waals surface area (Å²) < 4.78 is 65.5. The Balaban J connectivity index is 0.000000517. The number of carbonyl (C=O) groups is 2. The number of nitrogens with zero attached hydrogens (tertiary/aromatic N) is 2. The predicted molar refractivity (Wildman–Crippen MR) is 149 cm³/mol. The van der Waals surface area contributed by atoms with Crippen LogP contribution in [0, 0.1) is 5.92 Å². The van der Waals surface area contributed by atoms with Crippen molar-refractivity contribution in [3.63, 3.8) is 0 Å². The van der Waals surface area contributed by atoms with E-state index >= 15 is 0 Å². The summed E-state index contributed by atoms with van der Waals surface area (Å²) in [5.41, 5.74) is 6.95. The molecule has 5 rings (SSSR count). The van der Waals surface area contributed by atoms with Crippen LogP contribution in [0.15, 0.2) is 71.8 Å². The Kier molecular flexibility index (Phi) is 8.87. The second kappa shape index (κ2) is 12.2. The molecule has 0 saturated carbocycles. The number of carbonyl (C=O) groups excluding carboxylic acids is 1. The molecule has 0 radical (unpaired) electrons. The minimum atomic E-state index is -5.08. The van der Waals surface area contributed by atoms with Gasteiger partial charge in [-0.1, -0.05) is 24.3 Å². The first-order chi connectivity index (χ1) is 19.8. The number of methoxy groups -OCH3 is 1. The first-order valence-corrected chi connectivity index (χ1v) is 14.1. The number of fused-ring (bicyclic) bond motifs is 2. The third-order valence-corrected chi connectivity index (χ3v) is 8.16. The lowest BCUT2D eigenvalue weighted by atomic mass is 10.1. The number of carboxylic acids is 1. The Labute approximate surface area is 238 Å². The van der Waals surface area contributed by atoms with Crippen molar-refractivity contribution in [3.05, 3.63) is 72.4 Å². The summed E-state index contributed by atoms with van der Waals surface area (Å²) in [5.74, 6) is -2.11. The van der Waals surface area contributed by atoms with Crippen LogP contribution in [-0.4, -0.2) is 61.7 Å². The lowest BCUT2D eigenvalue weighted by Crippen LogP contribution is -2.34. The number of nitrogens with two attached hydrogens (primary N) is 1. The first-order valence-electron chi connectivity index (χ1n) is 12.6. The molecule has 1 aliphatic rings. The molecule has 1 saturated heterocycles. The fourth-order valence-corrected chi connectivity index (χ4v) is 5.61. The molecule has 0 bridgehead atoms. The molecule has 3 aromatic carbocycles. The van der Waals surface area contributed by atoms with Gasteiger partial charge in [0.2, 0.25) is 15.9 Å². The molecule has 10 nitrogen and oxygen atoms in total. The van der Waals surface area contributed by atoms with E-state index in [1.54, 1.807) is 42.5 Å². The smallest absolute Gasteiger partial charge is 0.490 e. The van der Waals surface area contributed by atoms with Gasteiger partial charge in [0, 0.05) is 31.2 Å². The van der Waals surface area contributed by atoms with Crippen LogP contribution in [0.4, 0.5) is 19.0 Å². The van der Waals surface area contributed by atoms with Gasteiger partial charge in [-0.2, -0.15) is 13.2 Å². The van der Waals surface area contributed by atoms with Crippen molar-refractivity contribution in [1.82, 2.24) is 14.6 Å². The van der Waals surface area contributed by atoms with Crippen LogP contribution in [0.2, 0.25) is 0 Å². The van der Waals surface area contributed by atoms with E-state index < -0.39 is 28.1 Å². The SMILES string of the molecule is COc1ccc2ccc(S(=O)(=O)NCC3CCN(Cc4ccc5ccnc(N)c5c4)C3=O)cc2c1.O=C(O)C(F)(F)F. The Bertz CT molecular complexity index is 1750. The zero-order valence-corrected chi connectivity index (χ0v) is 23.1. The lowest BCUT2D eigenvalue weighted by Gasteiger charge is -2.18. The molecular weight excluding hydrogens is 577 g/mol. The normalized spacial score (nSPS) is 15.5. The van der Waals surface area contributed by atoms with Crippen molar-refractivity contribution < 1.29 is 41.0 Å². The maximum absolute atomic E-state index is 13.0. The van der Waals surface area contributed by atoms with E-state index in [-0.39, 0.29) is 17.3 Å². The topological polar surface area (TPSA) is 152 Å². The summed E-state index contributed by atoms with van der Waals surface area (Å²) in [7, 11) is -2.20. The second-order valence-corrected chi connectivity index (χ2v) is 11.3. The molecule has 1 unspecified atom stereocenters. The van der Waals surface area contributed by atoms with Crippen molar-refractivity contribution in [2.24, 2.45) is 5.92 Å². The number of halogens is 3. The van der Waals surface area contributed by atoms with Crippen molar-refractivity contribution >= 4 is 49.3 Å². The number of hydrogen-bond donors (Lipinski definition) is 3. The van der Waals surface area contributed by atoms with Gasteiger partial charge in [0.05, 0.1) is 17.9 Å². The molecule has 1 aliphatic heterocycles. The van der Waals surface area contributed by atoms with Gasteiger partial charge < -0.3 is 20.5 Å². The Morgan fingerprint density at radius 2 is 1.79 bits per heavy atom. The van der Waals surface area contributed by atoms with Crippen LogP contribution in [0.25, 0.3) is 21.5 Å². The van der Waals surface area contributed by atoms with Crippen LogP contribution in [0.5, 0.6) is 5.75 Å². The van der Waals surface area contributed by atoms with Gasteiger partial charge in [0.1, 0.15) is 11.6 Å². The highest BCUT2D eigenvalue weighted by molar-refractivity contribution is 7.89. The van der Waals surface area contributed by atoms with Gasteiger partial charge in [-0.3, -0.25) is 4.79 Å². The molecule has 1 atom stereocenters. The van der Waals surface area contributed by atoms with Crippen LogP contribution in [0.1, 0.15) is 12.0 Å². The average molecular weight is 605 g/mol. The third kappa shape index (κ3) is 7.06. The molecule has 42 heavy (non-hydrogen) atoms. The minimum Gasteiger partial charge on any atom is -0.497 e. The van der Waals surface area contributed by atoms with Gasteiger partial charge in [0.15, 0.2) is 0 Å². The van der Waals surface area contributed by atoms with E-state index in [9.17, 15) is 26.4 Å². The number of pyridine rings is 1. The van der Waals surface area contributed by atoms with Gasteiger partial charge >= 0.3 is 12.1 Å². The summed E-state index contributed by atoms with van der Waals surface area (Å²) >= 11 is 0. The molecule has 0 aliphatic carbocycles. The maximum Gasteiger partial charge on any atom is 0.490 e. The van der Waals surface area contributed by atoms with E-state index in [4.69, 9.17) is 20.4 Å². The van der Waals surface area contributed by atoms with Gasteiger partial charge in [-0.15, -0.1) is 0 Å². The Morgan fingerprint density at radius 1 is 1.10 bits per heavy atom. The zero-order chi connectivity index (χ0) is 30.7. The van der Waals surface area contributed by atoms with Crippen molar-refractivity contribution in [2.45, 2.75) is 24.0 Å². The van der Waals surface area contributed by atoms with E-state index in [0.29, 0.717) is 31.1 Å². The minimum absolute atomic E-state index is 0.0579. The van der Waals surface area contributed by atoms with Crippen LogP contribution < -0.4 is 15.2 Å². The molecule has 2 heterocycles. The van der Waals surface area contributed by atoms with Gasteiger partial charge in [-0.25, -0.2) is 22.9 Å². The number of likely N-dealkylation sites (tertiary alicyclic amines) is 1. The average Bonchev–Trinajstić information content (AvgIpc) is 3.30. The number of anilines is 1. The van der Waals surface area contributed by atoms with Crippen molar-refractivity contribution in [3.8, 4) is 5.75 Å². The number of carboxylic acid groups (broad SMARTS) is 1. The summed E-state index contributed by atoms with van der Waals surface area (Å²) in [6.07, 6.45) is -2.82. The lowest BCUT2D eigenvalue weighted by molar-refractivity contribution is -0.192. The molecular formula is C28H27F3N4O6S. The number of alkyl halides is 3. The first kappa shape index (κ1) is 30.5. The maximum atomic E-state index is 13.0.